The molecule has 0 bridgehead atoms. The molecule has 5 heteroatoms. The highest BCUT2D eigenvalue weighted by molar-refractivity contribution is 8.01. The molecule has 0 radical (unpaired) electrons. The summed E-state index contributed by atoms with van der Waals surface area (Å²) in [6, 6.07) is 6.17. The predicted molar refractivity (Wildman–Crippen MR) is 75.1 cm³/mol. The Morgan fingerprint density at radius 2 is 2.35 bits per heavy atom. The van der Waals surface area contributed by atoms with E-state index in [-0.39, 0.29) is 0 Å². The molecule has 0 fully saturated rings. The lowest BCUT2D eigenvalue weighted by Crippen LogP contribution is -2.11. The molecule has 0 aliphatic heterocycles. The topological polar surface area (TPSA) is 24.9 Å². The molecule has 0 unspecified atom stereocenters. The smallest absolute Gasteiger partial charge is 0.154 e. The second-order valence-electron chi connectivity index (χ2n) is 3.45. The number of thiazole rings is 1. The molecular formula is C12H13ClN2S2. The average molecular weight is 285 g/mol. The van der Waals surface area contributed by atoms with Crippen molar-refractivity contribution < 1.29 is 0 Å². The fourth-order valence-corrected chi connectivity index (χ4v) is 3.26. The molecule has 1 N–H and O–H groups in total. The highest BCUT2D eigenvalue weighted by atomic mass is 35.5. The van der Waals surface area contributed by atoms with Gasteiger partial charge in [-0.25, -0.2) is 4.98 Å². The summed E-state index contributed by atoms with van der Waals surface area (Å²) in [6.07, 6.45) is 1.81. The van der Waals surface area contributed by atoms with Gasteiger partial charge in [0.05, 0.1) is 5.02 Å². The highest BCUT2D eigenvalue weighted by Crippen LogP contribution is 2.34. The molecule has 17 heavy (non-hydrogen) atoms. The zero-order valence-corrected chi connectivity index (χ0v) is 11.8. The third kappa shape index (κ3) is 3.71. The Bertz CT molecular complexity index is 471. The van der Waals surface area contributed by atoms with Crippen molar-refractivity contribution in [2.75, 3.05) is 6.54 Å². The summed E-state index contributed by atoms with van der Waals surface area (Å²) in [5.74, 6) is 0. The SMILES string of the molecule is CCNCc1ccc(Sc2nccs2)c(Cl)c1. The van der Waals surface area contributed by atoms with Gasteiger partial charge in [0.15, 0.2) is 4.34 Å². The minimum absolute atomic E-state index is 0.792. The number of hydrogen-bond acceptors (Lipinski definition) is 4. The first-order valence-electron chi connectivity index (χ1n) is 5.36. The molecule has 2 rings (SSSR count). The maximum atomic E-state index is 6.25. The van der Waals surface area contributed by atoms with Crippen LogP contribution >= 0.6 is 34.7 Å². The lowest BCUT2D eigenvalue weighted by Gasteiger charge is -2.06. The van der Waals surface area contributed by atoms with Crippen LogP contribution in [0.25, 0.3) is 0 Å². The fourth-order valence-electron chi connectivity index (χ4n) is 1.36. The average Bonchev–Trinajstić information content (AvgIpc) is 2.82. The van der Waals surface area contributed by atoms with Crippen molar-refractivity contribution >= 4 is 34.7 Å². The van der Waals surface area contributed by atoms with Gasteiger partial charge in [-0.05, 0) is 24.2 Å². The minimum atomic E-state index is 0.792. The van der Waals surface area contributed by atoms with E-state index in [2.05, 4.69) is 29.4 Å². The van der Waals surface area contributed by atoms with Gasteiger partial charge in [-0.3, -0.25) is 0 Å². The van der Waals surface area contributed by atoms with Crippen LogP contribution in [0.3, 0.4) is 0 Å². The Morgan fingerprint density at radius 1 is 1.47 bits per heavy atom. The molecule has 0 aliphatic carbocycles. The number of nitrogens with zero attached hydrogens (tertiary/aromatic N) is 1. The molecule has 0 spiro atoms. The highest BCUT2D eigenvalue weighted by Gasteiger charge is 2.05. The van der Waals surface area contributed by atoms with E-state index in [4.69, 9.17) is 11.6 Å². The first-order valence-corrected chi connectivity index (χ1v) is 7.43. The second-order valence-corrected chi connectivity index (χ2v) is 6.04. The number of halogens is 1. The largest absolute Gasteiger partial charge is 0.313 e. The van der Waals surface area contributed by atoms with E-state index in [0.717, 1.165) is 27.3 Å². The van der Waals surface area contributed by atoms with Crippen LogP contribution in [0.1, 0.15) is 12.5 Å². The van der Waals surface area contributed by atoms with E-state index < -0.39 is 0 Å². The van der Waals surface area contributed by atoms with Crippen molar-refractivity contribution in [3.63, 3.8) is 0 Å². The zero-order chi connectivity index (χ0) is 12.1. The van der Waals surface area contributed by atoms with E-state index in [0.29, 0.717) is 0 Å². The monoisotopic (exact) mass is 284 g/mol. The standard InChI is InChI=1S/C12H13ClN2S2/c1-2-14-8-9-3-4-11(10(13)7-9)17-12-15-5-6-16-12/h3-7,14H,2,8H2,1H3. The molecule has 2 nitrogen and oxygen atoms in total. The van der Waals surface area contributed by atoms with Crippen LogP contribution in [0.15, 0.2) is 39.0 Å². The predicted octanol–water partition coefficient (Wildman–Crippen LogP) is 4.06. The Morgan fingerprint density at radius 3 is 3.00 bits per heavy atom. The molecule has 0 aliphatic rings. The summed E-state index contributed by atoms with van der Waals surface area (Å²) < 4.78 is 1.02. The van der Waals surface area contributed by atoms with E-state index >= 15 is 0 Å². The van der Waals surface area contributed by atoms with E-state index in [1.54, 1.807) is 29.3 Å². The maximum Gasteiger partial charge on any atom is 0.154 e. The van der Waals surface area contributed by atoms with E-state index in [9.17, 15) is 0 Å². The van der Waals surface area contributed by atoms with Crippen LogP contribution in [0, 0.1) is 0 Å². The van der Waals surface area contributed by atoms with Crippen LogP contribution < -0.4 is 5.32 Å². The zero-order valence-electron chi connectivity index (χ0n) is 9.44. The Balaban J connectivity index is 2.09. The molecule has 2 aromatic rings. The maximum absolute atomic E-state index is 6.25. The molecule has 0 atom stereocenters. The minimum Gasteiger partial charge on any atom is -0.313 e. The van der Waals surface area contributed by atoms with Crippen LogP contribution in [0.5, 0.6) is 0 Å². The molecular weight excluding hydrogens is 272 g/mol. The molecule has 1 aromatic carbocycles. The van der Waals surface area contributed by atoms with Crippen molar-refractivity contribution in [2.24, 2.45) is 0 Å². The first kappa shape index (κ1) is 12.9. The summed E-state index contributed by atoms with van der Waals surface area (Å²) in [5.41, 5.74) is 1.21. The van der Waals surface area contributed by atoms with Gasteiger partial charge in [-0.2, -0.15) is 0 Å². The van der Waals surface area contributed by atoms with Crippen molar-refractivity contribution in [3.8, 4) is 0 Å². The molecule has 1 heterocycles. The van der Waals surface area contributed by atoms with Crippen LogP contribution in [0.4, 0.5) is 0 Å². The summed E-state index contributed by atoms with van der Waals surface area (Å²) in [7, 11) is 0. The second kappa shape index (κ2) is 6.40. The summed E-state index contributed by atoms with van der Waals surface area (Å²) in [6.45, 7) is 3.92. The van der Waals surface area contributed by atoms with Gasteiger partial charge in [0, 0.05) is 23.0 Å². The van der Waals surface area contributed by atoms with Crippen molar-refractivity contribution in [3.05, 3.63) is 40.4 Å². The van der Waals surface area contributed by atoms with Gasteiger partial charge in [-0.1, -0.05) is 36.4 Å². The number of hydrogen-bond donors (Lipinski definition) is 1. The van der Waals surface area contributed by atoms with E-state index in [1.165, 1.54) is 5.56 Å². The van der Waals surface area contributed by atoms with Crippen LogP contribution in [0.2, 0.25) is 5.02 Å². The third-order valence-corrected chi connectivity index (χ3v) is 4.57. The van der Waals surface area contributed by atoms with Gasteiger partial charge in [0.25, 0.3) is 0 Å². The number of benzene rings is 1. The van der Waals surface area contributed by atoms with Gasteiger partial charge in [0.2, 0.25) is 0 Å². The summed E-state index contributed by atoms with van der Waals surface area (Å²) in [4.78, 5) is 5.29. The Labute approximate surface area is 114 Å². The fraction of sp³-hybridized carbons (Fsp3) is 0.250. The molecule has 1 aromatic heterocycles. The van der Waals surface area contributed by atoms with Crippen LogP contribution in [-0.4, -0.2) is 11.5 Å². The Kier molecular flexibility index (Phi) is 4.86. The number of nitrogens with one attached hydrogen (secondary N) is 1. The van der Waals surface area contributed by atoms with Crippen molar-refractivity contribution in [2.45, 2.75) is 22.7 Å². The van der Waals surface area contributed by atoms with Gasteiger partial charge in [-0.15, -0.1) is 11.3 Å². The van der Waals surface area contributed by atoms with Gasteiger partial charge in [0.1, 0.15) is 0 Å². The molecule has 90 valence electrons. The van der Waals surface area contributed by atoms with Gasteiger partial charge < -0.3 is 5.32 Å². The lowest BCUT2D eigenvalue weighted by molar-refractivity contribution is 0.726. The number of rotatable bonds is 5. The quantitative estimate of drug-likeness (QED) is 0.896. The molecule has 0 amide bonds. The normalized spacial score (nSPS) is 10.7. The van der Waals surface area contributed by atoms with Crippen molar-refractivity contribution in [1.82, 2.24) is 10.3 Å². The Hall–Kier alpha value is -0.550. The van der Waals surface area contributed by atoms with Crippen LogP contribution in [-0.2, 0) is 6.54 Å². The van der Waals surface area contributed by atoms with Crippen molar-refractivity contribution in [1.29, 1.82) is 0 Å². The third-order valence-electron chi connectivity index (χ3n) is 2.18. The van der Waals surface area contributed by atoms with E-state index in [1.807, 2.05) is 11.4 Å². The van der Waals surface area contributed by atoms with Gasteiger partial charge >= 0.3 is 0 Å². The summed E-state index contributed by atoms with van der Waals surface area (Å²) >= 11 is 9.49. The molecule has 0 saturated carbocycles. The molecule has 0 saturated heterocycles. The summed E-state index contributed by atoms with van der Waals surface area (Å²) in [5, 5.41) is 6.04. The lowest BCUT2D eigenvalue weighted by atomic mass is 10.2. The number of aromatic nitrogens is 1. The first-order chi connectivity index (χ1) is 8.29.